The molecule has 1 N–H and O–H groups in total. The van der Waals surface area contributed by atoms with Crippen molar-refractivity contribution in [1.29, 1.82) is 0 Å². The number of tetrazole rings is 1. The van der Waals surface area contributed by atoms with E-state index in [9.17, 15) is 4.79 Å². The molecule has 1 aliphatic heterocycles. The maximum absolute atomic E-state index is 12.6. The molecule has 134 valence electrons. The van der Waals surface area contributed by atoms with Gasteiger partial charge in [0.25, 0.3) is 0 Å². The van der Waals surface area contributed by atoms with E-state index in [0.29, 0.717) is 35.6 Å². The molecule has 1 aliphatic carbocycles. The maximum Gasteiger partial charge on any atom is 0.222 e. The van der Waals surface area contributed by atoms with E-state index in [1.807, 2.05) is 4.90 Å². The van der Waals surface area contributed by atoms with Gasteiger partial charge in [0.15, 0.2) is 5.82 Å². The zero-order valence-corrected chi connectivity index (χ0v) is 14.6. The van der Waals surface area contributed by atoms with Crippen molar-refractivity contribution < 1.29 is 4.79 Å². The van der Waals surface area contributed by atoms with Gasteiger partial charge in [-0.25, -0.2) is 4.98 Å². The average Bonchev–Trinajstić information content (AvgIpc) is 3.05. The van der Waals surface area contributed by atoms with E-state index in [2.05, 4.69) is 32.7 Å². The lowest BCUT2D eigenvalue weighted by molar-refractivity contribution is -0.138. The molecule has 2 aromatic rings. The standard InChI is InChI=1S/C17H25N7O/c1-2-12-10-23(11-12)15(25)9-13-5-3-4-6-14(13)19-16-17-20-21-22-24(17)8-7-18-16/h7-8,12-14H,2-6,9-11H2,1H3,(H,18,19)/t13-,14-/m0/s1. The van der Waals surface area contributed by atoms with Gasteiger partial charge in [-0.05, 0) is 41.5 Å². The van der Waals surface area contributed by atoms with Crippen LogP contribution in [0.4, 0.5) is 5.82 Å². The molecule has 0 aromatic carbocycles. The maximum atomic E-state index is 12.6. The molecule has 2 aromatic heterocycles. The third-order valence-electron chi connectivity index (χ3n) is 5.67. The minimum absolute atomic E-state index is 0.247. The first-order chi connectivity index (χ1) is 12.2. The van der Waals surface area contributed by atoms with Crippen LogP contribution in [-0.2, 0) is 4.79 Å². The van der Waals surface area contributed by atoms with Gasteiger partial charge < -0.3 is 10.2 Å². The second-order valence-electron chi connectivity index (χ2n) is 7.30. The van der Waals surface area contributed by atoms with E-state index in [1.54, 1.807) is 16.9 Å². The number of aromatic nitrogens is 5. The average molecular weight is 343 g/mol. The third kappa shape index (κ3) is 3.29. The monoisotopic (exact) mass is 343 g/mol. The molecule has 1 saturated heterocycles. The van der Waals surface area contributed by atoms with Crippen LogP contribution in [0.3, 0.4) is 0 Å². The molecule has 8 heteroatoms. The van der Waals surface area contributed by atoms with Gasteiger partial charge in [0, 0.05) is 31.7 Å². The number of amides is 1. The lowest BCUT2D eigenvalue weighted by Gasteiger charge is -2.41. The summed E-state index contributed by atoms with van der Waals surface area (Å²) in [5.41, 5.74) is 0.631. The number of carbonyl (C=O) groups excluding carboxylic acids is 1. The number of hydrogen-bond acceptors (Lipinski definition) is 6. The summed E-state index contributed by atoms with van der Waals surface area (Å²) in [6, 6.07) is 0.247. The van der Waals surface area contributed by atoms with Crippen LogP contribution in [0.2, 0.25) is 0 Å². The fourth-order valence-electron chi connectivity index (χ4n) is 3.98. The summed E-state index contributed by atoms with van der Waals surface area (Å²) in [4.78, 5) is 19.0. The number of hydrogen-bond donors (Lipinski definition) is 1. The van der Waals surface area contributed by atoms with E-state index in [0.717, 1.165) is 25.9 Å². The van der Waals surface area contributed by atoms with Crippen LogP contribution in [0, 0.1) is 11.8 Å². The van der Waals surface area contributed by atoms with Crippen LogP contribution in [-0.4, -0.2) is 55.0 Å². The van der Waals surface area contributed by atoms with Crippen molar-refractivity contribution in [3.8, 4) is 0 Å². The van der Waals surface area contributed by atoms with Gasteiger partial charge >= 0.3 is 0 Å². The largest absolute Gasteiger partial charge is 0.364 e. The minimum atomic E-state index is 0.247. The Kier molecular flexibility index (Phi) is 4.50. The molecule has 2 fully saturated rings. The van der Waals surface area contributed by atoms with Gasteiger partial charge in [0.1, 0.15) is 0 Å². The molecule has 4 rings (SSSR count). The van der Waals surface area contributed by atoms with E-state index < -0.39 is 0 Å². The van der Waals surface area contributed by atoms with Crippen molar-refractivity contribution in [1.82, 2.24) is 29.9 Å². The van der Waals surface area contributed by atoms with Crippen LogP contribution in [0.15, 0.2) is 12.4 Å². The summed E-state index contributed by atoms with van der Waals surface area (Å²) in [5, 5.41) is 15.2. The molecule has 8 nitrogen and oxygen atoms in total. The second kappa shape index (κ2) is 6.93. The van der Waals surface area contributed by atoms with Crippen LogP contribution >= 0.6 is 0 Å². The quantitative estimate of drug-likeness (QED) is 0.890. The van der Waals surface area contributed by atoms with Crippen molar-refractivity contribution in [3.05, 3.63) is 12.4 Å². The number of rotatable bonds is 5. The zero-order valence-electron chi connectivity index (χ0n) is 14.6. The molecule has 2 atom stereocenters. The number of anilines is 1. The zero-order chi connectivity index (χ0) is 17.2. The Morgan fingerprint density at radius 2 is 2.16 bits per heavy atom. The van der Waals surface area contributed by atoms with Crippen molar-refractivity contribution in [2.45, 2.75) is 51.5 Å². The SMILES string of the molecule is CCC1CN(C(=O)C[C@@H]2CCCC[C@@H]2Nc2nccn3nnnc23)C1. The van der Waals surface area contributed by atoms with Crippen LogP contribution in [0.1, 0.15) is 45.4 Å². The number of fused-ring (bicyclic) bond motifs is 1. The van der Waals surface area contributed by atoms with Crippen LogP contribution in [0.5, 0.6) is 0 Å². The molecule has 0 spiro atoms. The van der Waals surface area contributed by atoms with Crippen LogP contribution in [0.25, 0.3) is 5.65 Å². The molecule has 25 heavy (non-hydrogen) atoms. The van der Waals surface area contributed by atoms with Gasteiger partial charge in [-0.15, -0.1) is 5.10 Å². The molecular formula is C17H25N7O. The van der Waals surface area contributed by atoms with Crippen molar-refractivity contribution in [3.63, 3.8) is 0 Å². The summed E-state index contributed by atoms with van der Waals surface area (Å²) in [5.74, 6) is 2.05. The molecule has 0 unspecified atom stereocenters. The lowest BCUT2D eigenvalue weighted by atomic mass is 9.81. The highest BCUT2D eigenvalue weighted by Crippen LogP contribution is 2.31. The highest BCUT2D eigenvalue weighted by Gasteiger charge is 2.33. The second-order valence-corrected chi connectivity index (χ2v) is 7.30. The van der Waals surface area contributed by atoms with Gasteiger partial charge in [-0.2, -0.15) is 4.52 Å². The smallest absolute Gasteiger partial charge is 0.222 e. The van der Waals surface area contributed by atoms with Crippen LogP contribution < -0.4 is 5.32 Å². The molecule has 0 bridgehead atoms. The van der Waals surface area contributed by atoms with Gasteiger partial charge in [-0.1, -0.05) is 19.8 Å². The highest BCUT2D eigenvalue weighted by atomic mass is 16.2. The van der Waals surface area contributed by atoms with Crippen molar-refractivity contribution >= 4 is 17.4 Å². The predicted molar refractivity (Wildman–Crippen MR) is 92.9 cm³/mol. The Balaban J connectivity index is 1.42. The predicted octanol–water partition coefficient (Wildman–Crippen LogP) is 1.75. The molecule has 0 radical (unpaired) electrons. The summed E-state index contributed by atoms with van der Waals surface area (Å²) in [6.07, 6.45) is 9.73. The third-order valence-corrected chi connectivity index (χ3v) is 5.67. The first-order valence-electron chi connectivity index (χ1n) is 9.31. The number of nitrogens with zero attached hydrogens (tertiary/aromatic N) is 6. The summed E-state index contributed by atoms with van der Waals surface area (Å²) < 4.78 is 1.61. The molecule has 1 amide bonds. The van der Waals surface area contributed by atoms with E-state index in [4.69, 9.17) is 0 Å². The minimum Gasteiger partial charge on any atom is -0.364 e. The molecular weight excluding hydrogens is 318 g/mol. The molecule has 2 aliphatic rings. The number of nitrogens with one attached hydrogen (secondary N) is 1. The Labute approximate surface area is 147 Å². The lowest BCUT2D eigenvalue weighted by Crippen LogP contribution is -2.50. The first kappa shape index (κ1) is 16.2. The Hall–Kier alpha value is -2.25. The van der Waals surface area contributed by atoms with Crippen molar-refractivity contribution in [2.75, 3.05) is 18.4 Å². The summed E-state index contributed by atoms with van der Waals surface area (Å²) >= 11 is 0. The van der Waals surface area contributed by atoms with Gasteiger partial charge in [-0.3, -0.25) is 4.79 Å². The van der Waals surface area contributed by atoms with Crippen molar-refractivity contribution in [2.24, 2.45) is 11.8 Å². The number of carbonyl (C=O) groups is 1. The van der Waals surface area contributed by atoms with E-state index in [-0.39, 0.29) is 6.04 Å². The fraction of sp³-hybridized carbons (Fsp3) is 0.706. The summed E-state index contributed by atoms with van der Waals surface area (Å²) in [6.45, 7) is 4.07. The Bertz CT molecular complexity index is 739. The van der Waals surface area contributed by atoms with Gasteiger partial charge in [0.05, 0.1) is 6.20 Å². The fourth-order valence-corrected chi connectivity index (χ4v) is 3.98. The summed E-state index contributed by atoms with van der Waals surface area (Å²) in [7, 11) is 0. The Morgan fingerprint density at radius 1 is 1.32 bits per heavy atom. The first-order valence-corrected chi connectivity index (χ1v) is 9.31. The molecule has 3 heterocycles. The Morgan fingerprint density at radius 3 is 3.00 bits per heavy atom. The number of likely N-dealkylation sites (tertiary alicyclic amines) is 1. The van der Waals surface area contributed by atoms with Gasteiger partial charge in [0.2, 0.25) is 11.6 Å². The van der Waals surface area contributed by atoms with E-state index in [1.165, 1.54) is 19.3 Å². The molecule has 1 saturated carbocycles. The normalized spacial score (nSPS) is 24.3. The van der Waals surface area contributed by atoms with E-state index >= 15 is 0 Å². The topological polar surface area (TPSA) is 88.3 Å². The highest BCUT2D eigenvalue weighted by molar-refractivity contribution is 5.77.